The van der Waals surface area contributed by atoms with E-state index in [0.29, 0.717) is 6.54 Å². The van der Waals surface area contributed by atoms with E-state index in [0.717, 1.165) is 49.3 Å². The first-order valence-corrected chi connectivity index (χ1v) is 11.6. The molecule has 1 aromatic carbocycles. The molecule has 0 spiro atoms. The summed E-state index contributed by atoms with van der Waals surface area (Å²) < 4.78 is 7.24. The van der Waals surface area contributed by atoms with Crippen molar-refractivity contribution in [2.24, 2.45) is 4.99 Å². The number of likely N-dealkylation sites (tertiary alicyclic amines) is 1. The third kappa shape index (κ3) is 6.92. The number of benzene rings is 1. The number of nitrogens with zero attached hydrogens (tertiary/aromatic N) is 5. The van der Waals surface area contributed by atoms with Gasteiger partial charge in [-0.3, -0.25) is 9.47 Å². The second-order valence-corrected chi connectivity index (χ2v) is 8.10. The van der Waals surface area contributed by atoms with Crippen LogP contribution >= 0.6 is 24.0 Å². The smallest absolute Gasteiger partial charge is 0.191 e. The van der Waals surface area contributed by atoms with Crippen LogP contribution in [-0.2, 0) is 6.54 Å². The van der Waals surface area contributed by atoms with Gasteiger partial charge in [-0.25, -0.2) is 15.0 Å². The molecule has 1 unspecified atom stereocenters. The number of hydrogen-bond donors (Lipinski definition) is 2. The third-order valence-electron chi connectivity index (χ3n) is 5.89. The largest absolute Gasteiger partial charge is 0.497 e. The van der Waals surface area contributed by atoms with Gasteiger partial charge in [-0.05, 0) is 68.2 Å². The number of guanidine groups is 1. The predicted octanol–water partition coefficient (Wildman–Crippen LogP) is 3.79. The highest BCUT2D eigenvalue weighted by molar-refractivity contribution is 14.0. The lowest BCUT2D eigenvalue weighted by Gasteiger charge is -2.29. The maximum atomic E-state index is 5.34. The van der Waals surface area contributed by atoms with Gasteiger partial charge in [0.1, 0.15) is 17.9 Å². The maximum absolute atomic E-state index is 5.34. The Kier molecular flexibility index (Phi) is 10.1. The summed E-state index contributed by atoms with van der Waals surface area (Å²) >= 11 is 0. The molecule has 1 saturated heterocycles. The van der Waals surface area contributed by atoms with Crippen LogP contribution < -0.4 is 15.4 Å². The van der Waals surface area contributed by atoms with Crippen molar-refractivity contribution in [1.82, 2.24) is 30.1 Å². The van der Waals surface area contributed by atoms with Crippen molar-refractivity contribution < 1.29 is 4.74 Å². The Morgan fingerprint density at radius 3 is 2.59 bits per heavy atom. The van der Waals surface area contributed by atoms with Crippen molar-refractivity contribution in [1.29, 1.82) is 0 Å². The van der Waals surface area contributed by atoms with Crippen LogP contribution in [-0.4, -0.2) is 58.7 Å². The summed E-state index contributed by atoms with van der Waals surface area (Å²) in [6, 6.07) is 12.7. The molecule has 8 nitrogen and oxygen atoms in total. The van der Waals surface area contributed by atoms with Crippen LogP contribution in [0.3, 0.4) is 0 Å². The molecule has 0 radical (unpaired) electrons. The van der Waals surface area contributed by atoms with Crippen LogP contribution in [0.2, 0.25) is 0 Å². The van der Waals surface area contributed by atoms with Gasteiger partial charge in [0.2, 0.25) is 0 Å². The molecule has 0 saturated carbocycles. The highest BCUT2D eigenvalue weighted by atomic mass is 127. The highest BCUT2D eigenvalue weighted by Gasteiger charge is 2.23. The Morgan fingerprint density at radius 2 is 1.91 bits per heavy atom. The van der Waals surface area contributed by atoms with E-state index in [4.69, 9.17) is 9.73 Å². The quantitative estimate of drug-likeness (QED) is 0.230. The van der Waals surface area contributed by atoms with Crippen LogP contribution in [0.5, 0.6) is 5.75 Å². The van der Waals surface area contributed by atoms with Crippen molar-refractivity contribution in [2.75, 3.05) is 33.3 Å². The number of ether oxygens (including phenoxy) is 1. The number of pyridine rings is 1. The number of rotatable bonds is 9. The fourth-order valence-electron chi connectivity index (χ4n) is 4.14. The fraction of sp³-hybridized carbons (Fsp3) is 0.400. The van der Waals surface area contributed by atoms with E-state index in [1.807, 2.05) is 41.2 Å². The average Bonchev–Trinajstić information content (AvgIpc) is 3.58. The van der Waals surface area contributed by atoms with Gasteiger partial charge in [0.05, 0.1) is 19.7 Å². The summed E-state index contributed by atoms with van der Waals surface area (Å²) in [6.45, 7) is 6.49. The lowest BCUT2D eigenvalue weighted by atomic mass is 10.1. The van der Waals surface area contributed by atoms with Gasteiger partial charge in [0.25, 0.3) is 0 Å². The minimum absolute atomic E-state index is 0. The van der Waals surface area contributed by atoms with Crippen LogP contribution in [0.4, 0.5) is 0 Å². The monoisotopic (exact) mass is 575 g/mol. The number of aromatic nitrogens is 3. The molecule has 2 N–H and O–H groups in total. The van der Waals surface area contributed by atoms with Crippen molar-refractivity contribution in [3.05, 3.63) is 72.4 Å². The molecule has 3 aromatic rings. The molecule has 0 amide bonds. The van der Waals surface area contributed by atoms with Crippen LogP contribution in [0.25, 0.3) is 5.82 Å². The van der Waals surface area contributed by atoms with Crippen molar-refractivity contribution >= 4 is 29.9 Å². The number of hydrogen-bond acceptors (Lipinski definition) is 5. The first kappa shape index (κ1) is 26.0. The van der Waals surface area contributed by atoms with E-state index in [-0.39, 0.29) is 30.0 Å². The van der Waals surface area contributed by atoms with Crippen molar-refractivity contribution in [2.45, 2.75) is 32.4 Å². The zero-order valence-corrected chi connectivity index (χ0v) is 22.2. The number of halogens is 1. The Labute approximate surface area is 218 Å². The van der Waals surface area contributed by atoms with Crippen LogP contribution in [0.1, 0.15) is 36.9 Å². The number of imidazole rings is 1. The molecule has 34 heavy (non-hydrogen) atoms. The van der Waals surface area contributed by atoms with Gasteiger partial charge in [-0.15, -0.1) is 24.0 Å². The summed E-state index contributed by atoms with van der Waals surface area (Å²) in [5.74, 6) is 2.54. The Bertz CT molecular complexity index is 1020. The number of methoxy groups -OCH3 is 1. The molecule has 3 heterocycles. The molecule has 1 aliphatic rings. The normalized spacial score (nSPS) is 14.9. The summed E-state index contributed by atoms with van der Waals surface area (Å²) in [5, 5.41) is 6.95. The molecule has 0 aliphatic carbocycles. The van der Waals surface area contributed by atoms with Crippen LogP contribution in [0.15, 0.2) is 66.3 Å². The van der Waals surface area contributed by atoms with Gasteiger partial charge in [-0.2, -0.15) is 0 Å². The van der Waals surface area contributed by atoms with Gasteiger partial charge in [0, 0.05) is 31.7 Å². The second kappa shape index (κ2) is 13.3. The minimum Gasteiger partial charge on any atom is -0.497 e. The van der Waals surface area contributed by atoms with Gasteiger partial charge in [-0.1, -0.05) is 12.1 Å². The fourth-order valence-corrected chi connectivity index (χ4v) is 4.14. The molecular formula is C25H34IN7O. The summed E-state index contributed by atoms with van der Waals surface area (Å²) in [7, 11) is 1.70. The number of aliphatic imine (C=N–C) groups is 1. The second-order valence-electron chi connectivity index (χ2n) is 8.10. The SMILES string of the molecule is CCNC(=NCc1ccnc(-n2ccnc2)c1)NCC(c1ccc(OC)cc1)N1CCCC1.I. The molecular weight excluding hydrogens is 541 g/mol. The zero-order chi connectivity index (χ0) is 22.9. The Hall–Kier alpha value is -2.66. The molecule has 9 heteroatoms. The minimum atomic E-state index is 0. The van der Waals surface area contributed by atoms with E-state index < -0.39 is 0 Å². The van der Waals surface area contributed by atoms with E-state index in [2.05, 4.69) is 44.6 Å². The standard InChI is InChI=1S/C25H33N7O.HI/c1-3-27-25(29-17-20-10-11-28-24(16-20)32-15-12-26-19-32)30-18-23(31-13-4-5-14-31)21-6-8-22(33-2)9-7-21;/h6-12,15-16,19,23H,3-5,13-14,17-18H2,1-2H3,(H2,27,29,30);1H. The molecule has 0 bridgehead atoms. The van der Waals surface area contributed by atoms with Gasteiger partial charge < -0.3 is 15.4 Å². The molecule has 1 aliphatic heterocycles. The molecule has 4 rings (SSSR count). The highest BCUT2D eigenvalue weighted by Crippen LogP contribution is 2.26. The Morgan fingerprint density at radius 1 is 1.12 bits per heavy atom. The van der Waals surface area contributed by atoms with Crippen molar-refractivity contribution in [3.8, 4) is 11.6 Å². The summed E-state index contributed by atoms with van der Waals surface area (Å²) in [6.07, 6.45) is 9.70. The average molecular weight is 575 g/mol. The molecule has 1 atom stereocenters. The zero-order valence-electron chi connectivity index (χ0n) is 19.9. The van der Waals surface area contributed by atoms with E-state index in [1.54, 1.807) is 19.6 Å². The van der Waals surface area contributed by atoms with E-state index in [1.165, 1.54) is 18.4 Å². The predicted molar refractivity (Wildman–Crippen MR) is 146 cm³/mol. The molecule has 2 aromatic heterocycles. The topological polar surface area (TPSA) is 79.6 Å². The number of nitrogens with one attached hydrogen (secondary N) is 2. The Balaban J connectivity index is 0.00000324. The van der Waals surface area contributed by atoms with E-state index in [9.17, 15) is 0 Å². The summed E-state index contributed by atoms with van der Waals surface area (Å²) in [5.41, 5.74) is 2.39. The summed E-state index contributed by atoms with van der Waals surface area (Å²) in [4.78, 5) is 15.9. The first-order chi connectivity index (χ1) is 16.3. The maximum Gasteiger partial charge on any atom is 0.191 e. The lowest BCUT2D eigenvalue weighted by Crippen LogP contribution is -2.42. The van der Waals surface area contributed by atoms with Crippen molar-refractivity contribution in [3.63, 3.8) is 0 Å². The van der Waals surface area contributed by atoms with E-state index >= 15 is 0 Å². The lowest BCUT2D eigenvalue weighted by molar-refractivity contribution is 0.245. The molecule has 182 valence electrons. The van der Waals surface area contributed by atoms with Gasteiger partial charge >= 0.3 is 0 Å². The molecule has 1 fully saturated rings. The van der Waals surface area contributed by atoms with Crippen LogP contribution in [0, 0.1) is 0 Å². The van der Waals surface area contributed by atoms with Gasteiger partial charge in [0.15, 0.2) is 5.96 Å². The third-order valence-corrected chi connectivity index (χ3v) is 5.89. The first-order valence-electron chi connectivity index (χ1n) is 11.6.